The maximum atomic E-state index is 12.5. The summed E-state index contributed by atoms with van der Waals surface area (Å²) >= 11 is 0. The molecule has 0 radical (unpaired) electrons. The molecule has 0 heterocycles. The number of nitrogen functional groups attached to an aromatic ring is 2. The molecule has 148 valence electrons. The molecule has 0 amide bonds. The van der Waals surface area contributed by atoms with Gasteiger partial charge in [-0.05, 0) is 68.7 Å². The first kappa shape index (κ1) is 21.2. The van der Waals surface area contributed by atoms with E-state index in [4.69, 9.17) is 16.2 Å². The standard InChI is InChI=1S/C22H26N2O4/c1-13-4-5-16(11-20(13)24)10-18(14(2)25)12-21(26)15(3)28-22(27)17-6-8-19(23)9-7-17/h4-9,11,15,18H,10,12,23-24H2,1-3H3. The predicted molar refractivity (Wildman–Crippen MR) is 109 cm³/mol. The highest BCUT2D eigenvalue weighted by Crippen LogP contribution is 2.20. The van der Waals surface area contributed by atoms with Crippen molar-refractivity contribution in [3.05, 3.63) is 59.2 Å². The van der Waals surface area contributed by atoms with E-state index in [1.54, 1.807) is 12.1 Å². The summed E-state index contributed by atoms with van der Waals surface area (Å²) in [6.45, 7) is 4.88. The predicted octanol–water partition coefficient (Wildman–Crippen LogP) is 3.11. The van der Waals surface area contributed by atoms with E-state index in [0.717, 1.165) is 11.1 Å². The molecular formula is C22H26N2O4. The van der Waals surface area contributed by atoms with Crippen LogP contribution in [0.5, 0.6) is 0 Å². The molecule has 2 rings (SSSR count). The van der Waals surface area contributed by atoms with E-state index in [2.05, 4.69) is 0 Å². The fraction of sp³-hybridized carbons (Fsp3) is 0.318. The third-order valence-corrected chi connectivity index (χ3v) is 4.73. The van der Waals surface area contributed by atoms with Gasteiger partial charge in [0.1, 0.15) is 5.78 Å². The maximum absolute atomic E-state index is 12.5. The molecule has 28 heavy (non-hydrogen) atoms. The Morgan fingerprint density at radius 2 is 1.68 bits per heavy atom. The first-order chi connectivity index (χ1) is 13.2. The molecule has 0 spiro atoms. The van der Waals surface area contributed by atoms with Crippen molar-refractivity contribution in [2.75, 3.05) is 11.5 Å². The lowest BCUT2D eigenvalue weighted by Gasteiger charge is -2.17. The average Bonchev–Trinajstić information content (AvgIpc) is 2.64. The molecule has 6 nitrogen and oxygen atoms in total. The molecule has 2 unspecified atom stereocenters. The minimum atomic E-state index is -0.949. The van der Waals surface area contributed by atoms with Crippen molar-refractivity contribution in [3.8, 4) is 0 Å². The molecule has 2 atom stereocenters. The lowest BCUT2D eigenvalue weighted by molar-refractivity contribution is -0.131. The lowest BCUT2D eigenvalue weighted by Crippen LogP contribution is -2.28. The minimum Gasteiger partial charge on any atom is -0.451 e. The van der Waals surface area contributed by atoms with Crippen LogP contribution in [0.3, 0.4) is 0 Å². The van der Waals surface area contributed by atoms with Crippen LogP contribution in [0, 0.1) is 12.8 Å². The number of benzene rings is 2. The van der Waals surface area contributed by atoms with Crippen molar-refractivity contribution in [3.63, 3.8) is 0 Å². The van der Waals surface area contributed by atoms with Crippen LogP contribution in [-0.2, 0) is 20.7 Å². The average molecular weight is 382 g/mol. The van der Waals surface area contributed by atoms with Crippen LogP contribution >= 0.6 is 0 Å². The molecule has 2 aromatic carbocycles. The van der Waals surface area contributed by atoms with Crippen LogP contribution in [0.25, 0.3) is 0 Å². The first-order valence-corrected chi connectivity index (χ1v) is 9.12. The van der Waals surface area contributed by atoms with Gasteiger partial charge >= 0.3 is 5.97 Å². The molecular weight excluding hydrogens is 356 g/mol. The minimum absolute atomic E-state index is 0.000695. The SMILES string of the molecule is CC(=O)C(CC(=O)C(C)OC(=O)c1ccc(N)cc1)Cc1ccc(C)c(N)c1. The van der Waals surface area contributed by atoms with Gasteiger partial charge < -0.3 is 16.2 Å². The Bertz CT molecular complexity index is 875. The number of ketones is 2. The molecule has 0 aliphatic carbocycles. The van der Waals surface area contributed by atoms with Gasteiger partial charge in [-0.15, -0.1) is 0 Å². The van der Waals surface area contributed by atoms with Crippen LogP contribution in [0.15, 0.2) is 42.5 Å². The van der Waals surface area contributed by atoms with Gasteiger partial charge in [-0.25, -0.2) is 4.79 Å². The summed E-state index contributed by atoms with van der Waals surface area (Å²) in [6, 6.07) is 11.9. The lowest BCUT2D eigenvalue weighted by atomic mass is 9.89. The zero-order valence-electron chi connectivity index (χ0n) is 16.4. The number of hydrogen-bond acceptors (Lipinski definition) is 6. The number of hydrogen-bond donors (Lipinski definition) is 2. The Balaban J connectivity index is 2.00. The van der Waals surface area contributed by atoms with Gasteiger partial charge in [-0.2, -0.15) is 0 Å². The van der Waals surface area contributed by atoms with Gasteiger partial charge in [0.2, 0.25) is 0 Å². The first-order valence-electron chi connectivity index (χ1n) is 9.12. The molecule has 0 aliphatic rings. The van der Waals surface area contributed by atoms with Crippen molar-refractivity contribution >= 4 is 28.9 Å². The summed E-state index contributed by atoms with van der Waals surface area (Å²) in [4.78, 5) is 36.7. The number of Topliss-reactive ketones (excluding diaryl/α,β-unsaturated/α-hetero) is 2. The maximum Gasteiger partial charge on any atom is 0.338 e. The smallest absolute Gasteiger partial charge is 0.338 e. The normalized spacial score (nSPS) is 12.8. The van der Waals surface area contributed by atoms with Crippen LogP contribution in [0.4, 0.5) is 11.4 Å². The second-order valence-electron chi connectivity index (χ2n) is 7.04. The van der Waals surface area contributed by atoms with E-state index >= 15 is 0 Å². The van der Waals surface area contributed by atoms with Crippen LogP contribution in [0.1, 0.15) is 41.8 Å². The van der Waals surface area contributed by atoms with E-state index < -0.39 is 18.0 Å². The number of nitrogens with two attached hydrogens (primary N) is 2. The van der Waals surface area contributed by atoms with Crippen molar-refractivity contribution < 1.29 is 19.1 Å². The fourth-order valence-corrected chi connectivity index (χ4v) is 2.78. The summed E-state index contributed by atoms with van der Waals surface area (Å²) in [6.07, 6.45) is -0.543. The Labute approximate surface area is 164 Å². The van der Waals surface area contributed by atoms with Crippen molar-refractivity contribution in [2.45, 2.75) is 39.7 Å². The molecule has 0 fully saturated rings. The van der Waals surface area contributed by atoms with Crippen molar-refractivity contribution in [2.24, 2.45) is 5.92 Å². The fourth-order valence-electron chi connectivity index (χ4n) is 2.78. The number of carbonyl (C=O) groups excluding carboxylic acids is 3. The third-order valence-electron chi connectivity index (χ3n) is 4.73. The molecule has 0 aromatic heterocycles. The molecule has 6 heteroatoms. The number of rotatable bonds is 8. The van der Waals surface area contributed by atoms with Gasteiger partial charge in [-0.1, -0.05) is 12.1 Å². The topological polar surface area (TPSA) is 112 Å². The van der Waals surface area contributed by atoms with E-state index in [0.29, 0.717) is 23.4 Å². The molecule has 4 N–H and O–H groups in total. The number of aryl methyl sites for hydroxylation is 1. The number of ether oxygens (including phenoxy) is 1. The van der Waals surface area contributed by atoms with E-state index in [-0.39, 0.29) is 18.0 Å². The van der Waals surface area contributed by atoms with E-state index in [1.807, 2.05) is 25.1 Å². The summed E-state index contributed by atoms with van der Waals surface area (Å²) < 4.78 is 5.24. The molecule has 0 saturated heterocycles. The Hall–Kier alpha value is -3.15. The van der Waals surface area contributed by atoms with Gasteiger partial charge in [0, 0.05) is 23.7 Å². The Kier molecular flexibility index (Phi) is 6.93. The second kappa shape index (κ2) is 9.17. The van der Waals surface area contributed by atoms with Crippen molar-refractivity contribution in [1.82, 2.24) is 0 Å². The largest absolute Gasteiger partial charge is 0.451 e. The highest BCUT2D eigenvalue weighted by atomic mass is 16.5. The summed E-state index contributed by atoms with van der Waals surface area (Å²) in [5, 5.41) is 0. The number of carbonyl (C=O) groups is 3. The summed E-state index contributed by atoms with van der Waals surface area (Å²) in [7, 11) is 0. The van der Waals surface area contributed by atoms with Crippen LogP contribution in [-0.4, -0.2) is 23.6 Å². The second-order valence-corrected chi connectivity index (χ2v) is 7.04. The third kappa shape index (κ3) is 5.67. The van der Waals surface area contributed by atoms with Gasteiger partial charge in [0.25, 0.3) is 0 Å². The summed E-state index contributed by atoms with van der Waals surface area (Å²) in [5.41, 5.74) is 14.9. The van der Waals surface area contributed by atoms with Crippen LogP contribution in [0.2, 0.25) is 0 Å². The van der Waals surface area contributed by atoms with E-state index in [1.165, 1.54) is 26.0 Å². The van der Waals surface area contributed by atoms with Gasteiger partial charge in [0.05, 0.1) is 5.56 Å². The number of anilines is 2. The van der Waals surface area contributed by atoms with Gasteiger partial charge in [-0.3, -0.25) is 9.59 Å². The Morgan fingerprint density at radius 3 is 2.25 bits per heavy atom. The van der Waals surface area contributed by atoms with Crippen LogP contribution < -0.4 is 11.5 Å². The molecule has 0 saturated carbocycles. The highest BCUT2D eigenvalue weighted by molar-refractivity contribution is 5.94. The zero-order valence-corrected chi connectivity index (χ0v) is 16.4. The monoisotopic (exact) mass is 382 g/mol. The highest BCUT2D eigenvalue weighted by Gasteiger charge is 2.25. The van der Waals surface area contributed by atoms with Crippen molar-refractivity contribution in [1.29, 1.82) is 0 Å². The molecule has 0 bridgehead atoms. The number of esters is 1. The van der Waals surface area contributed by atoms with E-state index in [9.17, 15) is 14.4 Å². The summed E-state index contributed by atoms with van der Waals surface area (Å²) in [5.74, 6) is -1.49. The molecule has 0 aliphatic heterocycles. The zero-order chi connectivity index (χ0) is 20.8. The Morgan fingerprint density at radius 1 is 1.04 bits per heavy atom. The van der Waals surface area contributed by atoms with Gasteiger partial charge in [0.15, 0.2) is 11.9 Å². The quantitative estimate of drug-likeness (QED) is 0.536. The molecule has 2 aromatic rings.